The van der Waals surface area contributed by atoms with Crippen molar-refractivity contribution in [3.63, 3.8) is 0 Å². The molecule has 0 saturated heterocycles. The van der Waals surface area contributed by atoms with Gasteiger partial charge in [-0.3, -0.25) is 0 Å². The van der Waals surface area contributed by atoms with Crippen molar-refractivity contribution in [2.45, 2.75) is 6.92 Å². The fourth-order valence-corrected chi connectivity index (χ4v) is 1.09. The monoisotopic (exact) mass is 159 g/mol. The van der Waals surface area contributed by atoms with Gasteiger partial charge in [-0.05, 0) is 28.9 Å². The molecule has 1 aromatic carbocycles. The second kappa shape index (κ2) is 2.31. The number of hydrogen-bond acceptors (Lipinski definition) is 4. The van der Waals surface area contributed by atoms with Crippen LogP contribution < -0.4 is 0 Å². The molecule has 0 atom stereocenters. The molecule has 0 saturated carbocycles. The molecular formula is C8H5N3O. The van der Waals surface area contributed by atoms with Crippen molar-refractivity contribution in [1.82, 2.24) is 10.3 Å². The summed E-state index contributed by atoms with van der Waals surface area (Å²) in [4.78, 5) is 0. The van der Waals surface area contributed by atoms with Crippen LogP contribution in [0.2, 0.25) is 0 Å². The lowest BCUT2D eigenvalue weighted by atomic mass is 10.1. The largest absolute Gasteiger partial charge is 0.243 e. The van der Waals surface area contributed by atoms with Gasteiger partial charge in [-0.2, -0.15) is 5.26 Å². The Morgan fingerprint density at radius 3 is 3.00 bits per heavy atom. The summed E-state index contributed by atoms with van der Waals surface area (Å²) in [7, 11) is 0. The van der Waals surface area contributed by atoms with Gasteiger partial charge in [0.2, 0.25) is 0 Å². The van der Waals surface area contributed by atoms with Gasteiger partial charge < -0.3 is 0 Å². The fourth-order valence-electron chi connectivity index (χ4n) is 1.09. The van der Waals surface area contributed by atoms with Crippen molar-refractivity contribution in [2.75, 3.05) is 0 Å². The van der Waals surface area contributed by atoms with E-state index in [0.29, 0.717) is 16.6 Å². The predicted octanol–water partition coefficient (Wildman–Crippen LogP) is 1.40. The molecule has 58 valence electrons. The fraction of sp³-hybridized carbons (Fsp3) is 0.125. The average Bonchev–Trinajstić information content (AvgIpc) is 2.52. The highest BCUT2D eigenvalue weighted by atomic mass is 16.6. The molecule has 0 unspecified atom stereocenters. The lowest BCUT2D eigenvalue weighted by molar-refractivity contribution is 0.315. The third kappa shape index (κ3) is 0.768. The molecule has 0 aliphatic heterocycles. The second-order valence-electron chi connectivity index (χ2n) is 2.50. The Bertz CT molecular complexity index is 467. The maximum atomic E-state index is 8.78. The Morgan fingerprint density at radius 2 is 2.25 bits per heavy atom. The molecule has 0 aliphatic carbocycles. The Kier molecular flexibility index (Phi) is 1.31. The molecule has 4 heteroatoms. The number of benzene rings is 1. The number of fused-ring (bicyclic) bond motifs is 1. The van der Waals surface area contributed by atoms with E-state index in [1.165, 1.54) is 0 Å². The highest BCUT2D eigenvalue weighted by Crippen LogP contribution is 2.17. The van der Waals surface area contributed by atoms with E-state index in [9.17, 15) is 0 Å². The summed E-state index contributed by atoms with van der Waals surface area (Å²) >= 11 is 0. The molecule has 2 aromatic rings. The predicted molar refractivity (Wildman–Crippen MR) is 41.3 cm³/mol. The summed E-state index contributed by atoms with van der Waals surface area (Å²) in [5.41, 5.74) is 2.59. The van der Waals surface area contributed by atoms with E-state index in [4.69, 9.17) is 5.26 Å². The summed E-state index contributed by atoms with van der Waals surface area (Å²) in [5.74, 6) is 0. The molecule has 12 heavy (non-hydrogen) atoms. The Hall–Kier alpha value is -1.89. The smallest absolute Gasteiger partial charge is 0.153 e. The summed E-state index contributed by atoms with van der Waals surface area (Å²) in [6.07, 6.45) is 0. The first kappa shape index (κ1) is 6.80. The maximum Gasteiger partial charge on any atom is 0.153 e. The molecule has 4 nitrogen and oxygen atoms in total. The lowest BCUT2D eigenvalue weighted by Crippen LogP contribution is -1.83. The minimum atomic E-state index is 0.536. The number of rotatable bonds is 0. The molecule has 1 aromatic heterocycles. The van der Waals surface area contributed by atoms with Crippen LogP contribution in [-0.2, 0) is 0 Å². The van der Waals surface area contributed by atoms with Crippen LogP contribution >= 0.6 is 0 Å². The molecule has 0 fully saturated rings. The quantitative estimate of drug-likeness (QED) is 0.582. The van der Waals surface area contributed by atoms with Crippen LogP contribution in [0.3, 0.4) is 0 Å². The number of aromatic nitrogens is 2. The van der Waals surface area contributed by atoms with E-state index in [0.717, 1.165) is 5.56 Å². The van der Waals surface area contributed by atoms with Crippen LogP contribution in [-0.4, -0.2) is 10.3 Å². The number of nitriles is 1. The van der Waals surface area contributed by atoms with Gasteiger partial charge in [-0.15, -0.1) is 0 Å². The van der Waals surface area contributed by atoms with Crippen LogP contribution in [0.15, 0.2) is 16.8 Å². The molecular weight excluding hydrogens is 154 g/mol. The number of nitrogens with zero attached hydrogens (tertiary/aromatic N) is 3. The molecule has 0 radical (unpaired) electrons. The van der Waals surface area contributed by atoms with Crippen molar-refractivity contribution in [1.29, 1.82) is 5.26 Å². The van der Waals surface area contributed by atoms with Gasteiger partial charge in [0, 0.05) is 0 Å². The zero-order chi connectivity index (χ0) is 8.55. The highest BCUT2D eigenvalue weighted by molar-refractivity contribution is 5.81. The summed E-state index contributed by atoms with van der Waals surface area (Å²) in [6, 6.07) is 5.67. The summed E-state index contributed by atoms with van der Waals surface area (Å²) in [5, 5.41) is 16.0. The van der Waals surface area contributed by atoms with E-state index in [1.807, 2.05) is 13.0 Å². The first-order chi connectivity index (χ1) is 5.83. The van der Waals surface area contributed by atoms with Gasteiger partial charge in [0.15, 0.2) is 5.52 Å². The second-order valence-corrected chi connectivity index (χ2v) is 2.50. The standard InChI is InChI=1S/C8H5N3O/c1-5-2-3-7-8(6(5)4-9)11-12-10-7/h2-3H,1H3. The third-order valence-corrected chi connectivity index (χ3v) is 1.75. The minimum Gasteiger partial charge on any atom is -0.243 e. The number of hydrogen-bond donors (Lipinski definition) is 0. The van der Waals surface area contributed by atoms with Crippen molar-refractivity contribution in [3.05, 3.63) is 23.3 Å². The van der Waals surface area contributed by atoms with Gasteiger partial charge in [0.05, 0.1) is 5.56 Å². The van der Waals surface area contributed by atoms with Gasteiger partial charge in [-0.1, -0.05) is 6.07 Å². The van der Waals surface area contributed by atoms with E-state index in [2.05, 4.69) is 21.0 Å². The number of aryl methyl sites for hydroxylation is 1. The van der Waals surface area contributed by atoms with Gasteiger partial charge in [0.1, 0.15) is 11.6 Å². The van der Waals surface area contributed by atoms with E-state index < -0.39 is 0 Å². The third-order valence-electron chi connectivity index (χ3n) is 1.75. The average molecular weight is 159 g/mol. The van der Waals surface area contributed by atoms with Crippen molar-refractivity contribution < 1.29 is 4.63 Å². The van der Waals surface area contributed by atoms with Crippen molar-refractivity contribution >= 4 is 11.0 Å². The molecule has 0 bridgehead atoms. The van der Waals surface area contributed by atoms with E-state index in [-0.39, 0.29) is 0 Å². The molecule has 0 amide bonds. The topological polar surface area (TPSA) is 62.7 Å². The molecule has 0 aliphatic rings. The zero-order valence-corrected chi connectivity index (χ0v) is 6.40. The van der Waals surface area contributed by atoms with Crippen LogP contribution in [0.4, 0.5) is 0 Å². The summed E-state index contributed by atoms with van der Waals surface area (Å²) < 4.78 is 4.51. The van der Waals surface area contributed by atoms with Gasteiger partial charge >= 0.3 is 0 Å². The van der Waals surface area contributed by atoms with Crippen LogP contribution in [0.5, 0.6) is 0 Å². The van der Waals surface area contributed by atoms with Crippen molar-refractivity contribution in [2.24, 2.45) is 0 Å². The molecule has 0 N–H and O–H groups in total. The lowest BCUT2D eigenvalue weighted by Gasteiger charge is -1.93. The Labute approximate surface area is 68.4 Å². The molecule has 0 spiro atoms. The van der Waals surface area contributed by atoms with Gasteiger partial charge in [-0.25, -0.2) is 4.63 Å². The minimum absolute atomic E-state index is 0.536. The Balaban J connectivity index is 2.94. The van der Waals surface area contributed by atoms with Crippen LogP contribution in [0, 0.1) is 18.3 Å². The zero-order valence-electron chi connectivity index (χ0n) is 6.40. The first-order valence-corrected chi connectivity index (χ1v) is 3.45. The normalized spacial score (nSPS) is 10.0. The molecule has 1 heterocycles. The SMILES string of the molecule is Cc1ccc2nonc2c1C#N. The van der Waals surface area contributed by atoms with E-state index in [1.54, 1.807) is 6.07 Å². The maximum absolute atomic E-state index is 8.78. The van der Waals surface area contributed by atoms with Crippen LogP contribution in [0.1, 0.15) is 11.1 Å². The highest BCUT2D eigenvalue weighted by Gasteiger charge is 2.07. The van der Waals surface area contributed by atoms with Gasteiger partial charge in [0.25, 0.3) is 0 Å². The Morgan fingerprint density at radius 1 is 1.42 bits per heavy atom. The summed E-state index contributed by atoms with van der Waals surface area (Å²) in [6.45, 7) is 1.85. The van der Waals surface area contributed by atoms with Crippen molar-refractivity contribution in [3.8, 4) is 6.07 Å². The molecule has 2 rings (SSSR count). The first-order valence-electron chi connectivity index (χ1n) is 3.45. The van der Waals surface area contributed by atoms with Crippen LogP contribution in [0.25, 0.3) is 11.0 Å². The van der Waals surface area contributed by atoms with E-state index >= 15 is 0 Å².